The second kappa shape index (κ2) is 7.20. The molecule has 0 saturated heterocycles. The lowest BCUT2D eigenvalue weighted by atomic mass is 9.97. The summed E-state index contributed by atoms with van der Waals surface area (Å²) in [6.45, 7) is 2.63. The van der Waals surface area contributed by atoms with Gasteiger partial charge < -0.3 is 5.32 Å². The molecule has 116 valence electrons. The SMILES string of the molecule is Cc1nc(-c2cccs2)sc1C(=O)NCCC1=CCCCC1. The number of thiazole rings is 1. The van der Waals surface area contributed by atoms with Gasteiger partial charge in [0.15, 0.2) is 0 Å². The van der Waals surface area contributed by atoms with Crippen molar-refractivity contribution in [3.8, 4) is 9.88 Å². The molecule has 2 aromatic heterocycles. The van der Waals surface area contributed by atoms with Crippen molar-refractivity contribution in [3.05, 3.63) is 39.7 Å². The average molecular weight is 332 g/mol. The quantitative estimate of drug-likeness (QED) is 0.799. The zero-order chi connectivity index (χ0) is 15.4. The molecule has 2 heterocycles. The molecule has 0 spiro atoms. The lowest BCUT2D eigenvalue weighted by Crippen LogP contribution is -2.24. The first-order valence-corrected chi connectivity index (χ1v) is 9.41. The van der Waals surface area contributed by atoms with Crippen molar-refractivity contribution in [2.75, 3.05) is 6.54 Å². The predicted molar refractivity (Wildman–Crippen MR) is 93.7 cm³/mol. The van der Waals surface area contributed by atoms with Gasteiger partial charge in [0.2, 0.25) is 0 Å². The molecule has 0 atom stereocenters. The molecular weight excluding hydrogens is 312 g/mol. The number of rotatable bonds is 5. The highest BCUT2D eigenvalue weighted by molar-refractivity contribution is 7.22. The van der Waals surface area contributed by atoms with E-state index in [2.05, 4.69) is 16.4 Å². The van der Waals surface area contributed by atoms with Crippen LogP contribution in [0.5, 0.6) is 0 Å². The summed E-state index contributed by atoms with van der Waals surface area (Å²) in [5.74, 6) is 0.00853. The Hall–Kier alpha value is -1.46. The zero-order valence-corrected chi connectivity index (χ0v) is 14.4. The van der Waals surface area contributed by atoms with Crippen molar-refractivity contribution in [2.45, 2.75) is 39.0 Å². The summed E-state index contributed by atoms with van der Waals surface area (Å²) in [7, 11) is 0. The number of nitrogens with zero attached hydrogens (tertiary/aromatic N) is 1. The third-order valence-electron chi connectivity index (χ3n) is 3.85. The molecule has 0 saturated carbocycles. The standard InChI is InChI=1S/C17H20N2OS2/c1-12-15(22-17(19-12)14-8-5-11-21-14)16(20)18-10-9-13-6-3-2-4-7-13/h5-6,8,11H,2-4,7,9-10H2,1H3,(H,18,20). The minimum absolute atomic E-state index is 0.00853. The first-order valence-electron chi connectivity index (χ1n) is 7.71. The van der Waals surface area contributed by atoms with Gasteiger partial charge in [0.1, 0.15) is 9.88 Å². The molecule has 0 unspecified atom stereocenters. The van der Waals surface area contributed by atoms with E-state index in [1.807, 2.05) is 24.4 Å². The smallest absolute Gasteiger partial charge is 0.263 e. The van der Waals surface area contributed by atoms with Crippen molar-refractivity contribution < 1.29 is 4.79 Å². The summed E-state index contributed by atoms with van der Waals surface area (Å²) in [5.41, 5.74) is 2.31. The molecule has 1 amide bonds. The van der Waals surface area contributed by atoms with E-state index in [9.17, 15) is 4.79 Å². The normalized spacial score (nSPS) is 14.7. The molecule has 5 heteroatoms. The first-order chi connectivity index (χ1) is 10.7. The van der Waals surface area contributed by atoms with Gasteiger partial charge in [0.25, 0.3) is 5.91 Å². The Morgan fingerprint density at radius 3 is 3.05 bits per heavy atom. The van der Waals surface area contributed by atoms with Gasteiger partial charge >= 0.3 is 0 Å². The van der Waals surface area contributed by atoms with Gasteiger partial charge in [-0.2, -0.15) is 0 Å². The van der Waals surface area contributed by atoms with Crippen LogP contribution in [0, 0.1) is 6.92 Å². The largest absolute Gasteiger partial charge is 0.351 e. The summed E-state index contributed by atoms with van der Waals surface area (Å²) in [4.78, 5) is 18.7. The summed E-state index contributed by atoms with van der Waals surface area (Å²) in [6, 6.07) is 4.05. The number of amides is 1. The van der Waals surface area contributed by atoms with Gasteiger partial charge in [-0.1, -0.05) is 17.7 Å². The van der Waals surface area contributed by atoms with E-state index in [0.717, 1.165) is 33.4 Å². The highest BCUT2D eigenvalue weighted by Gasteiger charge is 2.16. The van der Waals surface area contributed by atoms with E-state index in [1.54, 1.807) is 11.3 Å². The van der Waals surface area contributed by atoms with Crippen LogP contribution < -0.4 is 5.32 Å². The van der Waals surface area contributed by atoms with Crippen LogP contribution in [0.2, 0.25) is 0 Å². The van der Waals surface area contributed by atoms with Crippen molar-refractivity contribution in [1.29, 1.82) is 0 Å². The monoisotopic (exact) mass is 332 g/mol. The van der Waals surface area contributed by atoms with Crippen molar-refractivity contribution in [2.24, 2.45) is 0 Å². The van der Waals surface area contributed by atoms with E-state index in [1.165, 1.54) is 42.6 Å². The van der Waals surface area contributed by atoms with E-state index in [-0.39, 0.29) is 5.91 Å². The maximum absolute atomic E-state index is 12.3. The molecule has 1 N–H and O–H groups in total. The third-order valence-corrected chi connectivity index (χ3v) is 6.05. The fourth-order valence-electron chi connectivity index (χ4n) is 2.66. The Bertz CT molecular complexity index is 671. The minimum Gasteiger partial charge on any atom is -0.351 e. The molecule has 3 nitrogen and oxygen atoms in total. The van der Waals surface area contributed by atoms with E-state index in [0.29, 0.717) is 0 Å². The summed E-state index contributed by atoms with van der Waals surface area (Å²) < 4.78 is 0. The molecule has 0 aromatic carbocycles. The highest BCUT2D eigenvalue weighted by atomic mass is 32.1. The number of nitrogens with one attached hydrogen (secondary N) is 1. The molecule has 0 radical (unpaired) electrons. The Morgan fingerprint density at radius 1 is 1.41 bits per heavy atom. The number of carbonyl (C=O) groups is 1. The van der Waals surface area contributed by atoms with Crippen LogP contribution in [0.4, 0.5) is 0 Å². The second-order valence-corrected chi connectivity index (χ2v) is 7.47. The van der Waals surface area contributed by atoms with Crippen molar-refractivity contribution >= 4 is 28.6 Å². The molecule has 1 aliphatic carbocycles. The van der Waals surface area contributed by atoms with Gasteiger partial charge in [-0.05, 0) is 50.5 Å². The predicted octanol–water partition coefficient (Wildman–Crippen LogP) is 4.80. The van der Waals surface area contributed by atoms with E-state index < -0.39 is 0 Å². The second-order valence-electron chi connectivity index (χ2n) is 5.52. The number of allylic oxidation sites excluding steroid dienone is 1. The molecule has 0 aliphatic heterocycles. The van der Waals surface area contributed by atoms with Crippen LogP contribution in [0.3, 0.4) is 0 Å². The molecule has 3 rings (SSSR count). The Kier molecular flexibility index (Phi) is 5.05. The fraction of sp³-hybridized carbons (Fsp3) is 0.412. The first kappa shape index (κ1) is 15.4. The van der Waals surface area contributed by atoms with Crippen LogP contribution in [0.15, 0.2) is 29.2 Å². The number of aromatic nitrogens is 1. The van der Waals surface area contributed by atoms with Gasteiger partial charge in [0.05, 0.1) is 10.6 Å². The third kappa shape index (κ3) is 3.65. The molecule has 0 fully saturated rings. The van der Waals surface area contributed by atoms with Gasteiger partial charge in [0, 0.05) is 6.54 Å². The minimum atomic E-state index is 0.00853. The molecule has 2 aromatic rings. The number of aryl methyl sites for hydroxylation is 1. The number of thiophene rings is 1. The Morgan fingerprint density at radius 2 is 2.32 bits per heavy atom. The Labute approximate surface area is 139 Å². The lowest BCUT2D eigenvalue weighted by molar-refractivity contribution is 0.0957. The summed E-state index contributed by atoms with van der Waals surface area (Å²) >= 11 is 3.14. The van der Waals surface area contributed by atoms with Gasteiger partial charge in [-0.15, -0.1) is 22.7 Å². The topological polar surface area (TPSA) is 42.0 Å². The molecule has 0 bridgehead atoms. The number of carbonyl (C=O) groups excluding carboxylic acids is 1. The summed E-state index contributed by atoms with van der Waals surface area (Å²) in [5, 5.41) is 6.01. The van der Waals surface area contributed by atoms with E-state index >= 15 is 0 Å². The van der Waals surface area contributed by atoms with Crippen LogP contribution in [-0.2, 0) is 0 Å². The van der Waals surface area contributed by atoms with Crippen molar-refractivity contribution in [1.82, 2.24) is 10.3 Å². The van der Waals surface area contributed by atoms with Crippen molar-refractivity contribution in [3.63, 3.8) is 0 Å². The lowest BCUT2D eigenvalue weighted by Gasteiger charge is -2.12. The van der Waals surface area contributed by atoms with Crippen LogP contribution in [0.1, 0.15) is 47.5 Å². The molecule has 1 aliphatic rings. The highest BCUT2D eigenvalue weighted by Crippen LogP contribution is 2.31. The van der Waals surface area contributed by atoms with Crippen LogP contribution in [-0.4, -0.2) is 17.4 Å². The molecular formula is C17H20N2OS2. The Balaban J connectivity index is 1.59. The van der Waals surface area contributed by atoms with E-state index in [4.69, 9.17) is 0 Å². The fourth-order valence-corrected chi connectivity index (χ4v) is 4.44. The summed E-state index contributed by atoms with van der Waals surface area (Å²) in [6.07, 6.45) is 8.29. The maximum atomic E-state index is 12.3. The molecule has 22 heavy (non-hydrogen) atoms. The van der Waals surface area contributed by atoms with Gasteiger partial charge in [-0.25, -0.2) is 4.98 Å². The average Bonchev–Trinajstić information content (AvgIpc) is 3.17. The maximum Gasteiger partial charge on any atom is 0.263 e. The number of hydrogen-bond acceptors (Lipinski definition) is 4. The number of hydrogen-bond donors (Lipinski definition) is 1. The van der Waals surface area contributed by atoms with Gasteiger partial charge in [-0.3, -0.25) is 4.79 Å². The van der Waals surface area contributed by atoms with Crippen LogP contribution in [0.25, 0.3) is 9.88 Å². The zero-order valence-electron chi connectivity index (χ0n) is 12.7. The van der Waals surface area contributed by atoms with Crippen LogP contribution >= 0.6 is 22.7 Å².